The van der Waals surface area contributed by atoms with E-state index >= 15 is 0 Å². The van der Waals surface area contributed by atoms with E-state index < -0.39 is 30.2 Å². The van der Waals surface area contributed by atoms with Crippen molar-refractivity contribution in [2.75, 3.05) is 20.2 Å². The molecule has 9 nitrogen and oxygen atoms in total. The molecule has 1 aromatic rings. The number of carbonyl (C=O) groups excluding carboxylic acids is 2. The number of urea groups is 1. The SMILES string of the molecule is CC(C)OCC(O)CN1C(=NCc2ccccc2)NC2C1C(=O)NC(=O)N2C. The standard InChI is InChI=1S/C19H27N5O4/c1-12(2)28-11-14(25)10-24-15-16(23(3)19(27)22-17(15)26)21-18(24)20-9-13-7-5-4-6-8-13/h4-8,12,14-16,25H,9-11H2,1-3H3,(H,20,21)(H,22,26,27). The van der Waals surface area contributed by atoms with Crippen molar-refractivity contribution in [3.63, 3.8) is 0 Å². The van der Waals surface area contributed by atoms with Gasteiger partial charge in [0.05, 0.1) is 25.4 Å². The van der Waals surface area contributed by atoms with Crippen molar-refractivity contribution in [3.8, 4) is 0 Å². The monoisotopic (exact) mass is 389 g/mol. The number of guanidine groups is 1. The summed E-state index contributed by atoms with van der Waals surface area (Å²) < 4.78 is 5.48. The maximum atomic E-state index is 12.5. The van der Waals surface area contributed by atoms with Crippen LogP contribution in [-0.4, -0.2) is 77.4 Å². The van der Waals surface area contributed by atoms with Gasteiger partial charge in [-0.05, 0) is 19.4 Å². The fourth-order valence-corrected chi connectivity index (χ4v) is 3.25. The fraction of sp³-hybridized carbons (Fsp3) is 0.526. The summed E-state index contributed by atoms with van der Waals surface area (Å²) >= 11 is 0. The zero-order chi connectivity index (χ0) is 20.3. The first-order chi connectivity index (χ1) is 13.4. The molecule has 2 fully saturated rings. The second-order valence-corrected chi connectivity index (χ2v) is 7.25. The number of aliphatic hydroxyl groups excluding tert-OH is 1. The number of β-amino-alcohol motifs (C(OH)–C–C–N with tert-alkyl or cyclic N) is 1. The van der Waals surface area contributed by atoms with Crippen LogP contribution in [0.2, 0.25) is 0 Å². The highest BCUT2D eigenvalue weighted by Crippen LogP contribution is 2.21. The van der Waals surface area contributed by atoms with Gasteiger partial charge in [0, 0.05) is 13.6 Å². The minimum absolute atomic E-state index is 0.00736. The van der Waals surface area contributed by atoms with Gasteiger partial charge in [0.2, 0.25) is 0 Å². The molecular formula is C19H27N5O4. The number of hydrogen-bond donors (Lipinski definition) is 3. The quantitative estimate of drug-likeness (QED) is 0.611. The van der Waals surface area contributed by atoms with Crippen LogP contribution in [-0.2, 0) is 16.1 Å². The number of carbonyl (C=O) groups is 2. The smallest absolute Gasteiger partial charge is 0.325 e. The number of imide groups is 1. The van der Waals surface area contributed by atoms with E-state index in [1.165, 1.54) is 4.90 Å². The summed E-state index contributed by atoms with van der Waals surface area (Å²) in [6.45, 7) is 4.50. The summed E-state index contributed by atoms with van der Waals surface area (Å²) in [5, 5.41) is 15.9. The van der Waals surface area contributed by atoms with E-state index in [4.69, 9.17) is 4.74 Å². The molecule has 3 unspecified atom stereocenters. The van der Waals surface area contributed by atoms with E-state index in [-0.39, 0.29) is 19.3 Å². The summed E-state index contributed by atoms with van der Waals surface area (Å²) in [5.74, 6) is 0.0571. The number of aliphatic hydroxyl groups is 1. The second kappa shape index (κ2) is 8.57. The predicted octanol–water partition coefficient (Wildman–Crippen LogP) is 0.110. The minimum atomic E-state index is -0.805. The fourth-order valence-electron chi connectivity index (χ4n) is 3.25. The van der Waals surface area contributed by atoms with E-state index in [2.05, 4.69) is 15.6 Å². The van der Waals surface area contributed by atoms with Crippen molar-refractivity contribution in [1.29, 1.82) is 0 Å². The molecule has 9 heteroatoms. The zero-order valence-corrected chi connectivity index (χ0v) is 16.3. The van der Waals surface area contributed by atoms with Gasteiger partial charge in [-0.25, -0.2) is 9.79 Å². The van der Waals surface area contributed by atoms with Crippen LogP contribution in [0.1, 0.15) is 19.4 Å². The Kier molecular flexibility index (Phi) is 6.15. The van der Waals surface area contributed by atoms with Crippen LogP contribution in [0.5, 0.6) is 0 Å². The van der Waals surface area contributed by atoms with Gasteiger partial charge in [0.15, 0.2) is 12.0 Å². The Morgan fingerprint density at radius 1 is 1.25 bits per heavy atom. The number of likely N-dealkylation sites (N-methyl/N-ethyl adjacent to an activating group) is 1. The number of benzene rings is 1. The molecule has 152 valence electrons. The van der Waals surface area contributed by atoms with Crippen LogP contribution < -0.4 is 10.6 Å². The van der Waals surface area contributed by atoms with Crippen molar-refractivity contribution in [1.82, 2.24) is 20.4 Å². The summed E-state index contributed by atoms with van der Waals surface area (Å²) in [5.41, 5.74) is 1.02. The lowest BCUT2D eigenvalue weighted by molar-refractivity contribution is -0.127. The highest BCUT2D eigenvalue weighted by atomic mass is 16.5. The molecule has 2 saturated heterocycles. The van der Waals surface area contributed by atoms with Gasteiger partial charge in [-0.1, -0.05) is 30.3 Å². The Bertz CT molecular complexity index is 739. The van der Waals surface area contributed by atoms with Gasteiger partial charge in [-0.3, -0.25) is 10.1 Å². The van der Waals surface area contributed by atoms with E-state index in [9.17, 15) is 14.7 Å². The van der Waals surface area contributed by atoms with Gasteiger partial charge in [-0.15, -0.1) is 0 Å². The van der Waals surface area contributed by atoms with Crippen molar-refractivity contribution in [2.45, 2.75) is 44.8 Å². The van der Waals surface area contributed by atoms with Crippen LogP contribution in [0.25, 0.3) is 0 Å². The van der Waals surface area contributed by atoms with Crippen LogP contribution >= 0.6 is 0 Å². The Morgan fingerprint density at radius 2 is 1.96 bits per heavy atom. The second-order valence-electron chi connectivity index (χ2n) is 7.25. The molecule has 0 aromatic heterocycles. The number of amides is 3. The van der Waals surface area contributed by atoms with Crippen molar-refractivity contribution in [2.24, 2.45) is 4.99 Å². The number of ether oxygens (including phenoxy) is 1. The molecule has 3 N–H and O–H groups in total. The molecule has 2 aliphatic heterocycles. The zero-order valence-electron chi connectivity index (χ0n) is 16.3. The van der Waals surface area contributed by atoms with Crippen molar-refractivity contribution >= 4 is 17.9 Å². The third-order valence-electron chi connectivity index (χ3n) is 4.70. The maximum absolute atomic E-state index is 12.5. The number of hydrogen-bond acceptors (Lipinski definition) is 5. The highest BCUT2D eigenvalue weighted by Gasteiger charge is 2.50. The number of fused-ring (bicyclic) bond motifs is 1. The van der Waals surface area contributed by atoms with Crippen LogP contribution in [0, 0.1) is 0 Å². The van der Waals surface area contributed by atoms with Crippen molar-refractivity contribution < 1.29 is 19.4 Å². The van der Waals surface area contributed by atoms with Crippen LogP contribution in [0.15, 0.2) is 35.3 Å². The topological polar surface area (TPSA) is 106 Å². The van der Waals surface area contributed by atoms with Gasteiger partial charge in [-0.2, -0.15) is 0 Å². The molecule has 0 bridgehead atoms. The molecule has 28 heavy (non-hydrogen) atoms. The Morgan fingerprint density at radius 3 is 2.64 bits per heavy atom. The van der Waals surface area contributed by atoms with Crippen molar-refractivity contribution in [3.05, 3.63) is 35.9 Å². The number of nitrogens with one attached hydrogen (secondary N) is 2. The molecule has 0 aliphatic carbocycles. The molecule has 3 atom stereocenters. The first-order valence-corrected chi connectivity index (χ1v) is 9.35. The Hall–Kier alpha value is -2.65. The first kappa shape index (κ1) is 20.1. The summed E-state index contributed by atoms with van der Waals surface area (Å²) in [4.78, 5) is 32.2. The van der Waals surface area contributed by atoms with E-state index in [1.807, 2.05) is 44.2 Å². The normalized spacial score (nSPS) is 24.4. The molecule has 2 aliphatic rings. The lowest BCUT2D eigenvalue weighted by Crippen LogP contribution is -2.65. The molecule has 3 rings (SSSR count). The summed E-state index contributed by atoms with van der Waals surface area (Å²) in [7, 11) is 1.61. The van der Waals surface area contributed by atoms with Gasteiger partial charge >= 0.3 is 6.03 Å². The highest BCUT2D eigenvalue weighted by molar-refractivity contribution is 6.04. The summed E-state index contributed by atoms with van der Waals surface area (Å²) in [6.07, 6.45) is -1.36. The molecule has 0 spiro atoms. The summed E-state index contributed by atoms with van der Waals surface area (Å²) in [6, 6.07) is 8.58. The predicted molar refractivity (Wildman–Crippen MR) is 103 cm³/mol. The van der Waals surface area contributed by atoms with Crippen LogP contribution in [0.3, 0.4) is 0 Å². The van der Waals surface area contributed by atoms with Gasteiger partial charge < -0.3 is 25.0 Å². The lowest BCUT2D eigenvalue weighted by atomic mass is 10.1. The molecule has 0 radical (unpaired) electrons. The first-order valence-electron chi connectivity index (χ1n) is 9.35. The van der Waals surface area contributed by atoms with E-state index in [1.54, 1.807) is 11.9 Å². The molecule has 0 saturated carbocycles. The van der Waals surface area contributed by atoms with Gasteiger partial charge in [0.1, 0.15) is 6.17 Å². The lowest BCUT2D eigenvalue weighted by Gasteiger charge is -2.35. The third kappa shape index (κ3) is 4.42. The maximum Gasteiger partial charge on any atom is 0.325 e. The molecular weight excluding hydrogens is 362 g/mol. The van der Waals surface area contributed by atoms with Gasteiger partial charge in [0.25, 0.3) is 5.91 Å². The number of aliphatic imine (C=N–C) groups is 1. The third-order valence-corrected chi connectivity index (χ3v) is 4.70. The largest absolute Gasteiger partial charge is 0.389 e. The molecule has 1 aromatic carbocycles. The molecule has 3 amide bonds. The Labute approximate surface area is 164 Å². The van der Waals surface area contributed by atoms with Crippen LogP contribution in [0.4, 0.5) is 4.79 Å². The minimum Gasteiger partial charge on any atom is -0.389 e. The molecule has 2 heterocycles. The number of nitrogens with zero attached hydrogens (tertiary/aromatic N) is 3. The van der Waals surface area contributed by atoms with E-state index in [0.29, 0.717) is 12.5 Å². The average molecular weight is 389 g/mol. The average Bonchev–Trinajstić information content (AvgIpc) is 3.02. The number of rotatable bonds is 7. The Balaban J connectivity index is 1.81. The van der Waals surface area contributed by atoms with E-state index in [0.717, 1.165) is 5.56 Å².